The molecule has 0 aliphatic carbocycles. The smallest absolute Gasteiger partial charge is 0.228 e. The van der Waals surface area contributed by atoms with E-state index >= 15 is 0 Å². The Morgan fingerprint density at radius 3 is 2.70 bits per heavy atom. The predicted octanol–water partition coefficient (Wildman–Crippen LogP) is 4.11. The molecule has 0 aliphatic heterocycles. The van der Waals surface area contributed by atoms with E-state index < -0.39 is 17.5 Å². The lowest BCUT2D eigenvalue weighted by atomic mass is 10.1. The van der Waals surface area contributed by atoms with Gasteiger partial charge in [0.25, 0.3) is 0 Å². The Balaban J connectivity index is 2.15. The van der Waals surface area contributed by atoms with Crippen molar-refractivity contribution in [3.63, 3.8) is 0 Å². The zero-order valence-corrected chi connectivity index (χ0v) is 11.5. The van der Waals surface area contributed by atoms with Gasteiger partial charge in [-0.15, -0.1) is 0 Å². The van der Waals surface area contributed by atoms with E-state index in [1.54, 1.807) is 13.0 Å². The molecule has 5 heteroatoms. The van der Waals surface area contributed by atoms with Crippen LogP contribution in [0.4, 0.5) is 14.5 Å². The lowest BCUT2D eigenvalue weighted by Gasteiger charge is -2.09. The Labute approximate surface area is 120 Å². The van der Waals surface area contributed by atoms with Gasteiger partial charge in [0.2, 0.25) is 5.91 Å². The number of hydrogen-bond acceptors (Lipinski definition) is 1. The van der Waals surface area contributed by atoms with Crippen LogP contribution in [0.2, 0.25) is 5.02 Å². The summed E-state index contributed by atoms with van der Waals surface area (Å²) in [7, 11) is 0. The van der Waals surface area contributed by atoms with Crippen molar-refractivity contribution in [1.29, 1.82) is 0 Å². The number of halogens is 3. The van der Waals surface area contributed by atoms with E-state index in [0.717, 1.165) is 5.56 Å². The topological polar surface area (TPSA) is 29.1 Å². The van der Waals surface area contributed by atoms with E-state index in [4.69, 9.17) is 11.6 Å². The van der Waals surface area contributed by atoms with Crippen molar-refractivity contribution in [2.75, 3.05) is 5.32 Å². The Morgan fingerprint density at radius 2 is 2.00 bits per heavy atom. The zero-order chi connectivity index (χ0) is 14.7. The van der Waals surface area contributed by atoms with Crippen molar-refractivity contribution in [3.8, 4) is 0 Å². The van der Waals surface area contributed by atoms with E-state index in [1.165, 1.54) is 30.3 Å². The fourth-order valence-electron chi connectivity index (χ4n) is 1.79. The van der Waals surface area contributed by atoms with Crippen LogP contribution in [-0.2, 0) is 11.2 Å². The summed E-state index contributed by atoms with van der Waals surface area (Å²) < 4.78 is 26.7. The summed E-state index contributed by atoms with van der Waals surface area (Å²) in [5, 5.41) is 2.74. The minimum absolute atomic E-state index is 0.126. The van der Waals surface area contributed by atoms with Crippen LogP contribution in [0.3, 0.4) is 0 Å². The van der Waals surface area contributed by atoms with Gasteiger partial charge in [0, 0.05) is 16.3 Å². The molecular formula is C15H12ClF2NO. The van der Waals surface area contributed by atoms with Crippen LogP contribution in [0.5, 0.6) is 0 Å². The van der Waals surface area contributed by atoms with E-state index in [0.29, 0.717) is 5.69 Å². The SMILES string of the molecule is Cc1ccc(F)cc1NC(=O)Cc1c(F)cccc1Cl. The molecule has 0 aromatic heterocycles. The fourth-order valence-corrected chi connectivity index (χ4v) is 2.01. The van der Waals surface area contributed by atoms with Gasteiger partial charge in [-0.3, -0.25) is 4.79 Å². The van der Waals surface area contributed by atoms with Gasteiger partial charge in [0.1, 0.15) is 11.6 Å². The molecule has 1 amide bonds. The number of carbonyl (C=O) groups excluding carboxylic acids is 1. The van der Waals surface area contributed by atoms with Gasteiger partial charge >= 0.3 is 0 Å². The van der Waals surface area contributed by atoms with Gasteiger partial charge in [-0.25, -0.2) is 8.78 Å². The summed E-state index contributed by atoms with van der Waals surface area (Å²) in [5.74, 6) is -1.44. The molecule has 0 aliphatic rings. The molecule has 2 nitrogen and oxygen atoms in total. The van der Waals surface area contributed by atoms with Crippen LogP contribution < -0.4 is 5.32 Å². The lowest BCUT2D eigenvalue weighted by molar-refractivity contribution is -0.115. The van der Waals surface area contributed by atoms with Gasteiger partial charge in [-0.2, -0.15) is 0 Å². The van der Waals surface area contributed by atoms with Gasteiger partial charge < -0.3 is 5.32 Å². The molecule has 2 aromatic rings. The van der Waals surface area contributed by atoms with E-state index in [-0.39, 0.29) is 17.0 Å². The average molecular weight is 296 g/mol. The number of rotatable bonds is 3. The Hall–Kier alpha value is -1.94. The minimum atomic E-state index is -0.538. The summed E-state index contributed by atoms with van der Waals surface area (Å²) in [6.45, 7) is 1.74. The summed E-state index contributed by atoms with van der Waals surface area (Å²) in [6.07, 6.45) is -0.207. The molecule has 0 atom stereocenters. The Morgan fingerprint density at radius 1 is 1.25 bits per heavy atom. The highest BCUT2D eigenvalue weighted by Gasteiger charge is 2.13. The molecule has 0 bridgehead atoms. The fraction of sp³-hybridized carbons (Fsp3) is 0.133. The molecule has 2 rings (SSSR count). The predicted molar refractivity (Wildman–Crippen MR) is 74.9 cm³/mol. The van der Waals surface area contributed by atoms with Crippen molar-refractivity contribution in [3.05, 3.63) is 64.2 Å². The highest BCUT2D eigenvalue weighted by atomic mass is 35.5. The minimum Gasteiger partial charge on any atom is -0.325 e. The number of anilines is 1. The zero-order valence-electron chi connectivity index (χ0n) is 10.7. The maximum Gasteiger partial charge on any atom is 0.228 e. The summed E-state index contributed by atoms with van der Waals surface area (Å²) in [5.41, 5.74) is 1.21. The molecule has 0 saturated carbocycles. The second-order valence-electron chi connectivity index (χ2n) is 4.38. The number of amides is 1. The number of benzene rings is 2. The maximum absolute atomic E-state index is 13.6. The second-order valence-corrected chi connectivity index (χ2v) is 4.79. The second kappa shape index (κ2) is 6.01. The van der Waals surface area contributed by atoms with Crippen LogP contribution in [0.25, 0.3) is 0 Å². The first kappa shape index (κ1) is 14.5. The number of carbonyl (C=O) groups is 1. The first-order valence-corrected chi connectivity index (χ1v) is 6.34. The molecule has 0 fully saturated rings. The lowest BCUT2D eigenvalue weighted by Crippen LogP contribution is -2.16. The third kappa shape index (κ3) is 3.33. The molecule has 0 spiro atoms. The third-order valence-corrected chi connectivity index (χ3v) is 3.23. The number of aryl methyl sites for hydroxylation is 1. The largest absolute Gasteiger partial charge is 0.325 e. The standard InChI is InChI=1S/C15H12ClF2NO/c1-9-5-6-10(17)7-14(9)19-15(20)8-11-12(16)3-2-4-13(11)18/h2-7H,8H2,1H3,(H,19,20). The molecular weight excluding hydrogens is 284 g/mol. The van der Waals surface area contributed by atoms with E-state index in [2.05, 4.69) is 5.32 Å². The van der Waals surface area contributed by atoms with Gasteiger partial charge in [0.15, 0.2) is 0 Å². The van der Waals surface area contributed by atoms with Crippen molar-refractivity contribution in [2.24, 2.45) is 0 Å². The molecule has 0 unspecified atom stereocenters. The van der Waals surface area contributed by atoms with Crippen LogP contribution in [0.15, 0.2) is 36.4 Å². The van der Waals surface area contributed by atoms with E-state index in [9.17, 15) is 13.6 Å². The number of hydrogen-bond donors (Lipinski definition) is 1. The highest BCUT2D eigenvalue weighted by Crippen LogP contribution is 2.21. The first-order valence-electron chi connectivity index (χ1n) is 5.96. The summed E-state index contributed by atoms with van der Waals surface area (Å²) in [6, 6.07) is 8.30. The van der Waals surface area contributed by atoms with Crippen molar-refractivity contribution >= 4 is 23.2 Å². The van der Waals surface area contributed by atoms with E-state index in [1.807, 2.05) is 0 Å². The van der Waals surface area contributed by atoms with Crippen LogP contribution in [0, 0.1) is 18.6 Å². The molecule has 104 valence electrons. The molecule has 20 heavy (non-hydrogen) atoms. The van der Waals surface area contributed by atoms with Crippen LogP contribution in [0.1, 0.15) is 11.1 Å². The Kier molecular flexibility index (Phi) is 4.35. The monoisotopic (exact) mass is 295 g/mol. The van der Waals surface area contributed by atoms with Crippen LogP contribution in [-0.4, -0.2) is 5.91 Å². The molecule has 2 aromatic carbocycles. The Bertz CT molecular complexity index is 638. The highest BCUT2D eigenvalue weighted by molar-refractivity contribution is 6.31. The van der Waals surface area contributed by atoms with Gasteiger partial charge in [-0.05, 0) is 36.8 Å². The molecule has 0 heterocycles. The number of nitrogens with one attached hydrogen (secondary N) is 1. The van der Waals surface area contributed by atoms with Crippen molar-refractivity contribution in [2.45, 2.75) is 13.3 Å². The third-order valence-electron chi connectivity index (χ3n) is 2.87. The molecule has 0 radical (unpaired) electrons. The van der Waals surface area contributed by atoms with Crippen molar-refractivity contribution in [1.82, 2.24) is 0 Å². The van der Waals surface area contributed by atoms with Gasteiger partial charge in [0.05, 0.1) is 6.42 Å². The maximum atomic E-state index is 13.6. The first-order chi connectivity index (χ1) is 9.47. The van der Waals surface area contributed by atoms with Gasteiger partial charge in [-0.1, -0.05) is 23.7 Å². The quantitative estimate of drug-likeness (QED) is 0.907. The molecule has 1 N–H and O–H groups in total. The summed E-state index contributed by atoms with van der Waals surface area (Å²) in [4.78, 5) is 11.9. The average Bonchev–Trinajstić information content (AvgIpc) is 2.38. The van der Waals surface area contributed by atoms with Crippen LogP contribution >= 0.6 is 11.6 Å². The van der Waals surface area contributed by atoms with Crippen molar-refractivity contribution < 1.29 is 13.6 Å². The molecule has 0 saturated heterocycles. The normalized spacial score (nSPS) is 10.4. The summed E-state index contributed by atoms with van der Waals surface area (Å²) >= 11 is 5.85.